The monoisotopic (exact) mass is 373 g/mol. The number of hydrogen-bond acceptors (Lipinski definition) is 2. The summed E-state index contributed by atoms with van der Waals surface area (Å²) in [5, 5.41) is 7.16. The molecule has 4 heteroatoms. The Morgan fingerprint density at radius 3 is 2.64 bits per heavy atom. The third kappa shape index (κ3) is 4.46. The molecular weight excluding hydrogens is 353 g/mol. The second kappa shape index (κ2) is 8.57. The van der Waals surface area contributed by atoms with Crippen molar-refractivity contribution in [3.05, 3.63) is 75.8 Å². The van der Waals surface area contributed by atoms with Crippen LogP contribution in [0.1, 0.15) is 24.5 Å². The molecule has 3 aromatic carbocycles. The van der Waals surface area contributed by atoms with Crippen LogP contribution in [0, 0.1) is 0 Å². The zero-order valence-electron chi connectivity index (χ0n) is 14.2. The zero-order chi connectivity index (χ0) is 17.6. The van der Waals surface area contributed by atoms with Gasteiger partial charge >= 0.3 is 0 Å². The van der Waals surface area contributed by atoms with Crippen molar-refractivity contribution in [2.24, 2.45) is 0 Å². The molecule has 0 radical (unpaired) electrons. The molecule has 0 aliphatic carbocycles. The lowest BCUT2D eigenvalue weighted by atomic mass is 10.0. The standard InChI is InChI=1S/C21H21Cl2NO/c1-2-11-24-13-19-18-6-4-3-5-15(18)8-10-21(19)25-14-16-7-9-17(22)12-20(16)23/h3-10,12,24H,2,11,13-14H2,1H3. The molecule has 130 valence electrons. The molecule has 2 nitrogen and oxygen atoms in total. The lowest BCUT2D eigenvalue weighted by molar-refractivity contribution is 0.303. The lowest BCUT2D eigenvalue weighted by Crippen LogP contribution is -2.15. The van der Waals surface area contributed by atoms with Crippen LogP contribution in [0.3, 0.4) is 0 Å². The van der Waals surface area contributed by atoms with Crippen molar-refractivity contribution in [1.82, 2.24) is 5.32 Å². The van der Waals surface area contributed by atoms with Crippen LogP contribution in [0.2, 0.25) is 10.0 Å². The van der Waals surface area contributed by atoms with Crippen molar-refractivity contribution in [3.63, 3.8) is 0 Å². The number of hydrogen-bond donors (Lipinski definition) is 1. The van der Waals surface area contributed by atoms with Gasteiger partial charge in [0.1, 0.15) is 12.4 Å². The third-order valence-electron chi connectivity index (χ3n) is 4.12. The van der Waals surface area contributed by atoms with Crippen LogP contribution in [0.15, 0.2) is 54.6 Å². The summed E-state index contributed by atoms with van der Waals surface area (Å²) in [7, 11) is 0. The molecule has 0 unspecified atom stereocenters. The fourth-order valence-electron chi connectivity index (χ4n) is 2.82. The van der Waals surface area contributed by atoms with Crippen molar-refractivity contribution in [2.75, 3.05) is 6.54 Å². The molecule has 0 spiro atoms. The van der Waals surface area contributed by atoms with Gasteiger partial charge in [0.25, 0.3) is 0 Å². The predicted octanol–water partition coefficient (Wildman–Crippen LogP) is 6.23. The van der Waals surface area contributed by atoms with Gasteiger partial charge in [-0.1, -0.05) is 66.5 Å². The highest BCUT2D eigenvalue weighted by molar-refractivity contribution is 6.35. The first-order chi connectivity index (χ1) is 12.2. The Kier molecular flexibility index (Phi) is 6.19. The molecule has 0 saturated heterocycles. The second-order valence-electron chi connectivity index (χ2n) is 5.96. The van der Waals surface area contributed by atoms with Gasteiger partial charge in [-0.25, -0.2) is 0 Å². The summed E-state index contributed by atoms with van der Waals surface area (Å²) in [6, 6.07) is 18.0. The molecule has 0 aliphatic rings. The van der Waals surface area contributed by atoms with Crippen LogP contribution < -0.4 is 10.1 Å². The highest BCUT2D eigenvalue weighted by Gasteiger charge is 2.10. The first-order valence-corrected chi connectivity index (χ1v) is 9.22. The maximum absolute atomic E-state index is 6.26. The number of halogens is 2. The van der Waals surface area contributed by atoms with Crippen LogP contribution in [0.4, 0.5) is 0 Å². The molecule has 0 aromatic heterocycles. The van der Waals surface area contributed by atoms with Gasteiger partial charge in [0.15, 0.2) is 0 Å². The molecule has 1 N–H and O–H groups in total. The summed E-state index contributed by atoms with van der Waals surface area (Å²) in [4.78, 5) is 0. The fourth-order valence-corrected chi connectivity index (χ4v) is 3.28. The van der Waals surface area contributed by atoms with E-state index in [9.17, 15) is 0 Å². The van der Waals surface area contributed by atoms with Gasteiger partial charge < -0.3 is 10.1 Å². The van der Waals surface area contributed by atoms with E-state index in [4.69, 9.17) is 27.9 Å². The summed E-state index contributed by atoms with van der Waals surface area (Å²) in [6.45, 7) is 4.33. The van der Waals surface area contributed by atoms with Crippen LogP contribution in [0.25, 0.3) is 10.8 Å². The normalized spacial score (nSPS) is 11.0. The minimum absolute atomic E-state index is 0.412. The van der Waals surface area contributed by atoms with Crippen LogP contribution in [0.5, 0.6) is 5.75 Å². The van der Waals surface area contributed by atoms with E-state index in [-0.39, 0.29) is 0 Å². The van der Waals surface area contributed by atoms with Crippen molar-refractivity contribution in [3.8, 4) is 5.75 Å². The molecule has 3 rings (SSSR count). The molecule has 25 heavy (non-hydrogen) atoms. The van der Waals surface area contributed by atoms with Gasteiger partial charge in [-0.2, -0.15) is 0 Å². The van der Waals surface area contributed by atoms with Gasteiger partial charge in [-0.05, 0) is 41.9 Å². The van der Waals surface area contributed by atoms with Crippen molar-refractivity contribution in [1.29, 1.82) is 0 Å². The lowest BCUT2D eigenvalue weighted by Gasteiger charge is -2.15. The molecule has 0 amide bonds. The van der Waals surface area contributed by atoms with E-state index < -0.39 is 0 Å². The van der Waals surface area contributed by atoms with E-state index in [0.29, 0.717) is 16.7 Å². The van der Waals surface area contributed by atoms with Gasteiger partial charge in [0, 0.05) is 27.7 Å². The van der Waals surface area contributed by atoms with Crippen molar-refractivity contribution < 1.29 is 4.74 Å². The molecule has 0 aliphatic heterocycles. The number of nitrogens with one attached hydrogen (secondary N) is 1. The topological polar surface area (TPSA) is 21.3 Å². The fraction of sp³-hybridized carbons (Fsp3) is 0.238. The van der Waals surface area contributed by atoms with Crippen LogP contribution >= 0.6 is 23.2 Å². The summed E-state index contributed by atoms with van der Waals surface area (Å²) in [5.74, 6) is 0.883. The number of ether oxygens (including phenoxy) is 1. The Balaban J connectivity index is 1.87. The highest BCUT2D eigenvalue weighted by Crippen LogP contribution is 2.30. The summed E-state index contributed by atoms with van der Waals surface area (Å²) < 4.78 is 6.12. The maximum atomic E-state index is 6.26. The SMILES string of the molecule is CCCNCc1c(OCc2ccc(Cl)cc2Cl)ccc2ccccc12. The Labute approximate surface area is 158 Å². The number of fused-ring (bicyclic) bond motifs is 1. The molecular formula is C21H21Cl2NO. The molecule has 0 atom stereocenters. The molecule has 0 fully saturated rings. The molecule has 0 heterocycles. The average Bonchev–Trinajstić information content (AvgIpc) is 2.62. The van der Waals surface area contributed by atoms with Crippen molar-refractivity contribution >= 4 is 34.0 Å². The van der Waals surface area contributed by atoms with Gasteiger partial charge in [0.05, 0.1) is 0 Å². The van der Waals surface area contributed by atoms with Gasteiger partial charge in [-0.15, -0.1) is 0 Å². The minimum atomic E-state index is 0.412. The van der Waals surface area contributed by atoms with Crippen LogP contribution in [-0.2, 0) is 13.2 Å². The minimum Gasteiger partial charge on any atom is -0.488 e. The third-order valence-corrected chi connectivity index (χ3v) is 4.71. The highest BCUT2D eigenvalue weighted by atomic mass is 35.5. The van der Waals surface area contributed by atoms with Crippen molar-refractivity contribution in [2.45, 2.75) is 26.5 Å². The largest absolute Gasteiger partial charge is 0.488 e. The van der Waals surface area contributed by atoms with E-state index in [1.807, 2.05) is 18.2 Å². The van der Waals surface area contributed by atoms with E-state index in [0.717, 1.165) is 30.8 Å². The summed E-state index contributed by atoms with van der Waals surface area (Å²) >= 11 is 12.2. The predicted molar refractivity (Wildman–Crippen MR) is 107 cm³/mol. The average molecular weight is 374 g/mol. The van der Waals surface area contributed by atoms with E-state index in [1.165, 1.54) is 16.3 Å². The Hall–Kier alpha value is -1.74. The first-order valence-electron chi connectivity index (χ1n) is 8.47. The van der Waals surface area contributed by atoms with Crippen LogP contribution in [-0.4, -0.2) is 6.54 Å². The van der Waals surface area contributed by atoms with E-state index in [1.54, 1.807) is 6.07 Å². The summed E-state index contributed by atoms with van der Waals surface area (Å²) in [5.41, 5.74) is 2.10. The van der Waals surface area contributed by atoms with E-state index in [2.05, 4.69) is 42.6 Å². The molecule has 0 saturated carbocycles. The zero-order valence-corrected chi connectivity index (χ0v) is 15.7. The van der Waals surface area contributed by atoms with Gasteiger partial charge in [-0.3, -0.25) is 0 Å². The van der Waals surface area contributed by atoms with Gasteiger partial charge in [0.2, 0.25) is 0 Å². The smallest absolute Gasteiger partial charge is 0.124 e. The Bertz CT molecular complexity index is 864. The second-order valence-corrected chi connectivity index (χ2v) is 6.81. The molecule has 0 bridgehead atoms. The number of rotatable bonds is 7. The molecule has 3 aromatic rings. The summed E-state index contributed by atoms with van der Waals surface area (Å²) in [6.07, 6.45) is 1.10. The maximum Gasteiger partial charge on any atom is 0.124 e. The van der Waals surface area contributed by atoms with E-state index >= 15 is 0 Å². The first kappa shape index (κ1) is 18.1. The number of benzene rings is 3. The Morgan fingerprint density at radius 2 is 1.84 bits per heavy atom. The quantitative estimate of drug-likeness (QED) is 0.495. The Morgan fingerprint density at radius 1 is 1.00 bits per heavy atom.